The fourth-order valence-corrected chi connectivity index (χ4v) is 3.16. The van der Waals surface area contributed by atoms with Crippen LogP contribution in [0.3, 0.4) is 0 Å². The summed E-state index contributed by atoms with van der Waals surface area (Å²) in [5.74, 6) is 1.26. The molecule has 0 aromatic heterocycles. The predicted molar refractivity (Wildman–Crippen MR) is 92.7 cm³/mol. The van der Waals surface area contributed by atoms with Gasteiger partial charge in [-0.15, -0.1) is 0 Å². The highest BCUT2D eigenvalue weighted by Gasteiger charge is 2.34. The molecule has 2 atom stereocenters. The summed E-state index contributed by atoms with van der Waals surface area (Å²) in [6.07, 6.45) is -0.609. The number of nitrogens with zero attached hydrogens (tertiary/aromatic N) is 2. The van der Waals surface area contributed by atoms with Crippen LogP contribution in [-0.4, -0.2) is 73.1 Å². The number of ether oxygens (including phenoxy) is 2. The SMILES string of the molecule is CCNC(=O)[C@@H](C)N1CCN(C(=O)[C@H]2COc3ccccc3O2)CC1. The maximum Gasteiger partial charge on any atom is 0.267 e. The lowest BCUT2D eigenvalue weighted by molar-refractivity contribution is -0.143. The molecule has 1 aromatic rings. The molecule has 1 aromatic carbocycles. The topological polar surface area (TPSA) is 71.1 Å². The molecular weight excluding hydrogens is 322 g/mol. The summed E-state index contributed by atoms with van der Waals surface area (Å²) in [5, 5.41) is 2.84. The second-order valence-electron chi connectivity index (χ2n) is 6.30. The van der Waals surface area contributed by atoms with Gasteiger partial charge in [0.05, 0.1) is 6.04 Å². The second-order valence-corrected chi connectivity index (χ2v) is 6.30. The van der Waals surface area contributed by atoms with Gasteiger partial charge in [0.25, 0.3) is 5.91 Å². The van der Waals surface area contributed by atoms with Gasteiger partial charge in [-0.1, -0.05) is 12.1 Å². The molecule has 2 aliphatic rings. The van der Waals surface area contributed by atoms with Gasteiger partial charge in [0, 0.05) is 32.7 Å². The molecule has 2 heterocycles. The van der Waals surface area contributed by atoms with Crippen molar-refractivity contribution in [1.29, 1.82) is 0 Å². The van der Waals surface area contributed by atoms with Gasteiger partial charge in [0.2, 0.25) is 12.0 Å². The first kappa shape index (κ1) is 17.5. The molecule has 1 fully saturated rings. The first-order chi connectivity index (χ1) is 12.1. The van der Waals surface area contributed by atoms with Gasteiger partial charge in [-0.3, -0.25) is 14.5 Å². The molecule has 0 radical (unpaired) electrons. The van der Waals surface area contributed by atoms with Crippen LogP contribution < -0.4 is 14.8 Å². The minimum atomic E-state index is -0.609. The van der Waals surface area contributed by atoms with Crippen LogP contribution in [0.5, 0.6) is 11.5 Å². The predicted octanol–water partition coefficient (Wildman–Crippen LogP) is 0.495. The molecule has 25 heavy (non-hydrogen) atoms. The summed E-state index contributed by atoms with van der Waals surface area (Å²) in [7, 11) is 0. The van der Waals surface area contributed by atoms with Gasteiger partial charge in [0.15, 0.2) is 11.5 Å². The summed E-state index contributed by atoms with van der Waals surface area (Å²) >= 11 is 0. The maximum atomic E-state index is 12.7. The van der Waals surface area contributed by atoms with E-state index in [1.54, 1.807) is 11.0 Å². The van der Waals surface area contributed by atoms with Crippen molar-refractivity contribution in [2.45, 2.75) is 26.0 Å². The summed E-state index contributed by atoms with van der Waals surface area (Å²) in [5.41, 5.74) is 0. The van der Waals surface area contributed by atoms with Crippen molar-refractivity contribution in [2.24, 2.45) is 0 Å². The number of likely N-dealkylation sites (N-methyl/N-ethyl adjacent to an activating group) is 1. The number of rotatable bonds is 4. The number of hydrogen-bond acceptors (Lipinski definition) is 5. The van der Waals surface area contributed by atoms with Crippen LogP contribution in [0.4, 0.5) is 0 Å². The monoisotopic (exact) mass is 347 g/mol. The first-order valence-electron chi connectivity index (χ1n) is 8.79. The molecule has 2 amide bonds. The fourth-order valence-electron chi connectivity index (χ4n) is 3.16. The molecule has 2 aliphatic heterocycles. The van der Waals surface area contributed by atoms with E-state index in [4.69, 9.17) is 9.47 Å². The van der Waals surface area contributed by atoms with E-state index in [1.165, 1.54) is 0 Å². The standard InChI is InChI=1S/C18H25N3O4/c1-3-19-17(22)13(2)20-8-10-21(11-9-20)18(23)16-12-24-14-6-4-5-7-15(14)25-16/h4-7,13,16H,3,8-12H2,1-2H3,(H,19,22)/t13-,16-/m1/s1. The van der Waals surface area contributed by atoms with Gasteiger partial charge in [-0.05, 0) is 26.0 Å². The van der Waals surface area contributed by atoms with Crippen LogP contribution in [-0.2, 0) is 9.59 Å². The van der Waals surface area contributed by atoms with Crippen molar-refractivity contribution in [3.05, 3.63) is 24.3 Å². The van der Waals surface area contributed by atoms with Crippen LogP contribution >= 0.6 is 0 Å². The number of benzene rings is 1. The number of piperazine rings is 1. The summed E-state index contributed by atoms with van der Waals surface area (Å²) in [4.78, 5) is 28.5. The van der Waals surface area contributed by atoms with Gasteiger partial charge >= 0.3 is 0 Å². The van der Waals surface area contributed by atoms with E-state index in [0.717, 1.165) is 0 Å². The highest BCUT2D eigenvalue weighted by atomic mass is 16.6. The Morgan fingerprint density at radius 3 is 2.56 bits per heavy atom. The Kier molecular flexibility index (Phi) is 5.43. The largest absolute Gasteiger partial charge is 0.485 e. The van der Waals surface area contributed by atoms with Crippen molar-refractivity contribution in [3.8, 4) is 11.5 Å². The van der Waals surface area contributed by atoms with Gasteiger partial charge in [-0.25, -0.2) is 0 Å². The summed E-state index contributed by atoms with van der Waals surface area (Å²) < 4.78 is 11.4. The molecule has 0 saturated carbocycles. The van der Waals surface area contributed by atoms with E-state index >= 15 is 0 Å². The van der Waals surface area contributed by atoms with E-state index in [-0.39, 0.29) is 24.5 Å². The number of nitrogens with one attached hydrogen (secondary N) is 1. The van der Waals surface area contributed by atoms with Crippen molar-refractivity contribution < 1.29 is 19.1 Å². The van der Waals surface area contributed by atoms with Crippen molar-refractivity contribution in [3.63, 3.8) is 0 Å². The molecule has 7 heteroatoms. The molecule has 0 spiro atoms. The zero-order chi connectivity index (χ0) is 17.8. The van der Waals surface area contributed by atoms with E-state index in [0.29, 0.717) is 44.2 Å². The minimum Gasteiger partial charge on any atom is -0.485 e. The number of fused-ring (bicyclic) bond motifs is 1. The van der Waals surface area contributed by atoms with Crippen molar-refractivity contribution in [1.82, 2.24) is 15.1 Å². The average molecular weight is 347 g/mol. The van der Waals surface area contributed by atoms with E-state index < -0.39 is 6.10 Å². The Morgan fingerprint density at radius 1 is 1.20 bits per heavy atom. The first-order valence-corrected chi connectivity index (χ1v) is 8.79. The summed E-state index contributed by atoms with van der Waals surface area (Å²) in [6, 6.07) is 7.19. The summed E-state index contributed by atoms with van der Waals surface area (Å²) in [6.45, 7) is 7.19. The van der Waals surface area contributed by atoms with Crippen LogP contribution in [0.15, 0.2) is 24.3 Å². The number of carbonyl (C=O) groups excluding carboxylic acids is 2. The normalized spacial score (nSPS) is 21.5. The Bertz CT molecular complexity index is 629. The number of para-hydroxylation sites is 2. The molecule has 1 saturated heterocycles. The molecule has 0 unspecified atom stereocenters. The Morgan fingerprint density at radius 2 is 1.88 bits per heavy atom. The second kappa shape index (κ2) is 7.74. The van der Waals surface area contributed by atoms with Gasteiger partial charge < -0.3 is 19.7 Å². The molecule has 1 N–H and O–H groups in total. The van der Waals surface area contributed by atoms with Crippen molar-refractivity contribution in [2.75, 3.05) is 39.3 Å². The van der Waals surface area contributed by atoms with Crippen LogP contribution in [0, 0.1) is 0 Å². The molecule has 136 valence electrons. The number of hydrogen-bond donors (Lipinski definition) is 1. The lowest BCUT2D eigenvalue weighted by atomic mass is 10.2. The van der Waals surface area contributed by atoms with Crippen LogP contribution in [0.1, 0.15) is 13.8 Å². The lowest BCUT2D eigenvalue weighted by Gasteiger charge is -2.39. The Balaban J connectivity index is 1.53. The Labute approximate surface area is 147 Å². The highest BCUT2D eigenvalue weighted by Crippen LogP contribution is 2.31. The van der Waals surface area contributed by atoms with E-state index in [2.05, 4.69) is 10.2 Å². The smallest absolute Gasteiger partial charge is 0.267 e. The fraction of sp³-hybridized carbons (Fsp3) is 0.556. The quantitative estimate of drug-likeness (QED) is 0.859. The van der Waals surface area contributed by atoms with E-state index in [9.17, 15) is 9.59 Å². The van der Waals surface area contributed by atoms with Crippen LogP contribution in [0.2, 0.25) is 0 Å². The zero-order valence-electron chi connectivity index (χ0n) is 14.7. The van der Waals surface area contributed by atoms with Gasteiger partial charge in [0.1, 0.15) is 6.61 Å². The lowest BCUT2D eigenvalue weighted by Crippen LogP contribution is -2.57. The third kappa shape index (κ3) is 3.87. The number of amides is 2. The zero-order valence-corrected chi connectivity index (χ0v) is 14.7. The third-order valence-electron chi connectivity index (χ3n) is 4.69. The van der Waals surface area contributed by atoms with Gasteiger partial charge in [-0.2, -0.15) is 0 Å². The molecular formula is C18H25N3O4. The van der Waals surface area contributed by atoms with E-state index in [1.807, 2.05) is 32.0 Å². The maximum absolute atomic E-state index is 12.7. The molecule has 7 nitrogen and oxygen atoms in total. The minimum absolute atomic E-state index is 0.0305. The number of carbonyl (C=O) groups is 2. The Hall–Kier alpha value is -2.28. The third-order valence-corrected chi connectivity index (χ3v) is 4.69. The molecule has 0 bridgehead atoms. The molecule has 0 aliphatic carbocycles. The van der Waals surface area contributed by atoms with Crippen LogP contribution in [0.25, 0.3) is 0 Å². The highest BCUT2D eigenvalue weighted by molar-refractivity contribution is 5.82. The average Bonchev–Trinajstić information content (AvgIpc) is 2.66. The van der Waals surface area contributed by atoms with Crippen molar-refractivity contribution >= 4 is 11.8 Å². The molecule has 3 rings (SSSR count).